The molecule has 0 heterocycles. The second kappa shape index (κ2) is 4.56. The van der Waals surface area contributed by atoms with Gasteiger partial charge in [0.05, 0.1) is 6.61 Å². The van der Waals surface area contributed by atoms with Crippen LogP contribution in [0.1, 0.15) is 30.9 Å². The molecule has 1 N–H and O–H groups in total. The summed E-state index contributed by atoms with van der Waals surface area (Å²) in [6.45, 7) is 5.83. The Morgan fingerprint density at radius 2 is 2.00 bits per heavy atom. The molecule has 0 spiro atoms. The zero-order valence-corrected chi connectivity index (χ0v) is 8.92. The maximum absolute atomic E-state index is 13.5. The summed E-state index contributed by atoms with van der Waals surface area (Å²) in [6, 6.07) is 5.16. The van der Waals surface area contributed by atoms with E-state index in [9.17, 15) is 9.50 Å². The molecule has 1 atom stereocenters. The quantitative estimate of drug-likeness (QED) is 0.788. The molecule has 0 aromatic heterocycles. The molecule has 0 saturated carbocycles. The van der Waals surface area contributed by atoms with Gasteiger partial charge < -0.3 is 5.11 Å². The molecule has 0 bridgehead atoms. The zero-order chi connectivity index (χ0) is 10.7. The largest absolute Gasteiger partial charge is 0.396 e. The van der Waals surface area contributed by atoms with Gasteiger partial charge in [0.25, 0.3) is 0 Å². The van der Waals surface area contributed by atoms with E-state index in [2.05, 4.69) is 0 Å². The van der Waals surface area contributed by atoms with Gasteiger partial charge in [0.2, 0.25) is 0 Å². The molecule has 1 aromatic carbocycles. The molecule has 1 rings (SSSR count). The molecule has 0 radical (unpaired) electrons. The first-order valence-corrected chi connectivity index (χ1v) is 4.93. The maximum Gasteiger partial charge on any atom is 0.127 e. The first-order valence-electron chi connectivity index (χ1n) is 4.93. The summed E-state index contributed by atoms with van der Waals surface area (Å²) < 4.78 is 13.5. The van der Waals surface area contributed by atoms with E-state index in [4.69, 9.17) is 0 Å². The lowest BCUT2D eigenvalue weighted by Crippen LogP contribution is -2.13. The Hall–Kier alpha value is -0.890. The van der Waals surface area contributed by atoms with Crippen molar-refractivity contribution >= 4 is 0 Å². The van der Waals surface area contributed by atoms with Gasteiger partial charge in [-0.25, -0.2) is 4.39 Å². The van der Waals surface area contributed by atoms with E-state index in [1.807, 2.05) is 26.8 Å². The van der Waals surface area contributed by atoms with Crippen LogP contribution >= 0.6 is 0 Å². The van der Waals surface area contributed by atoms with Crippen LogP contribution in [-0.2, 0) is 0 Å². The Kier molecular flexibility index (Phi) is 3.64. The third-order valence-electron chi connectivity index (χ3n) is 2.56. The van der Waals surface area contributed by atoms with Crippen LogP contribution in [0.3, 0.4) is 0 Å². The summed E-state index contributed by atoms with van der Waals surface area (Å²) in [6.07, 6.45) is 0. The number of aliphatic hydroxyl groups excluding tert-OH is 1. The van der Waals surface area contributed by atoms with Crippen molar-refractivity contribution in [2.24, 2.45) is 5.92 Å². The van der Waals surface area contributed by atoms with Crippen LogP contribution in [0.15, 0.2) is 18.2 Å². The van der Waals surface area contributed by atoms with E-state index in [1.54, 1.807) is 6.07 Å². The van der Waals surface area contributed by atoms with E-state index in [0.717, 1.165) is 5.56 Å². The summed E-state index contributed by atoms with van der Waals surface area (Å²) in [5, 5.41) is 9.18. The highest BCUT2D eigenvalue weighted by Crippen LogP contribution is 2.26. The van der Waals surface area contributed by atoms with Crippen molar-refractivity contribution in [3.8, 4) is 0 Å². The van der Waals surface area contributed by atoms with E-state index < -0.39 is 0 Å². The van der Waals surface area contributed by atoms with E-state index in [-0.39, 0.29) is 24.3 Å². The minimum absolute atomic E-state index is 0.00233. The van der Waals surface area contributed by atoms with Gasteiger partial charge in [0, 0.05) is 5.92 Å². The number of benzene rings is 1. The highest BCUT2D eigenvalue weighted by Gasteiger charge is 2.18. The molecule has 14 heavy (non-hydrogen) atoms. The molecular weight excluding hydrogens is 179 g/mol. The van der Waals surface area contributed by atoms with Crippen LogP contribution in [0.5, 0.6) is 0 Å². The van der Waals surface area contributed by atoms with Crippen molar-refractivity contribution in [1.29, 1.82) is 0 Å². The van der Waals surface area contributed by atoms with Crippen LogP contribution in [0.2, 0.25) is 0 Å². The highest BCUT2D eigenvalue weighted by molar-refractivity contribution is 5.26. The molecule has 1 unspecified atom stereocenters. The minimum Gasteiger partial charge on any atom is -0.396 e. The monoisotopic (exact) mass is 196 g/mol. The van der Waals surface area contributed by atoms with Gasteiger partial charge in [-0.2, -0.15) is 0 Å². The van der Waals surface area contributed by atoms with Crippen LogP contribution < -0.4 is 0 Å². The molecule has 1 aromatic rings. The van der Waals surface area contributed by atoms with Crippen LogP contribution in [0.4, 0.5) is 4.39 Å². The van der Waals surface area contributed by atoms with E-state index in [1.165, 1.54) is 6.07 Å². The molecule has 0 aliphatic carbocycles. The maximum atomic E-state index is 13.5. The Morgan fingerprint density at radius 1 is 1.36 bits per heavy atom. The molecule has 0 aliphatic heterocycles. The lowest BCUT2D eigenvalue weighted by molar-refractivity contribution is 0.234. The first-order chi connectivity index (χ1) is 6.56. The van der Waals surface area contributed by atoms with Crippen molar-refractivity contribution in [1.82, 2.24) is 0 Å². The Bertz CT molecular complexity index is 307. The first kappa shape index (κ1) is 11.2. The number of hydrogen-bond donors (Lipinski definition) is 1. The van der Waals surface area contributed by atoms with Crippen molar-refractivity contribution in [2.75, 3.05) is 6.61 Å². The minimum atomic E-state index is -0.210. The van der Waals surface area contributed by atoms with E-state index >= 15 is 0 Å². The Morgan fingerprint density at radius 3 is 2.43 bits per heavy atom. The number of rotatable bonds is 3. The third-order valence-corrected chi connectivity index (χ3v) is 2.56. The predicted octanol–water partition coefficient (Wildman–Crippen LogP) is 2.87. The SMILES string of the molecule is Cc1ccc(C(CO)C(C)C)c(F)c1. The second-order valence-electron chi connectivity index (χ2n) is 4.06. The van der Waals surface area contributed by atoms with Crippen LogP contribution in [0, 0.1) is 18.7 Å². The molecule has 0 aliphatic rings. The molecular formula is C12H17FO. The van der Waals surface area contributed by atoms with Gasteiger partial charge in [-0.05, 0) is 30.0 Å². The van der Waals surface area contributed by atoms with Crippen LogP contribution in [0.25, 0.3) is 0 Å². The number of halogens is 1. The average molecular weight is 196 g/mol. The van der Waals surface area contributed by atoms with Gasteiger partial charge in [-0.1, -0.05) is 26.0 Å². The second-order valence-corrected chi connectivity index (χ2v) is 4.06. The van der Waals surface area contributed by atoms with Gasteiger partial charge >= 0.3 is 0 Å². The van der Waals surface area contributed by atoms with Crippen molar-refractivity contribution < 1.29 is 9.50 Å². The van der Waals surface area contributed by atoms with Crippen LogP contribution in [-0.4, -0.2) is 11.7 Å². The van der Waals surface area contributed by atoms with Gasteiger partial charge in [-0.15, -0.1) is 0 Å². The highest BCUT2D eigenvalue weighted by atomic mass is 19.1. The fourth-order valence-corrected chi connectivity index (χ4v) is 1.60. The van der Waals surface area contributed by atoms with Crippen molar-refractivity contribution in [2.45, 2.75) is 26.7 Å². The number of aryl methyl sites for hydroxylation is 1. The fourth-order valence-electron chi connectivity index (χ4n) is 1.60. The molecule has 2 heteroatoms. The summed E-state index contributed by atoms with van der Waals surface area (Å²) >= 11 is 0. The smallest absolute Gasteiger partial charge is 0.127 e. The lowest BCUT2D eigenvalue weighted by Gasteiger charge is -2.19. The normalized spacial score (nSPS) is 13.3. The molecule has 1 nitrogen and oxygen atoms in total. The Balaban J connectivity index is 3.04. The molecule has 0 saturated heterocycles. The van der Waals surface area contributed by atoms with Gasteiger partial charge in [0.1, 0.15) is 5.82 Å². The van der Waals surface area contributed by atoms with Crippen molar-refractivity contribution in [3.05, 3.63) is 35.1 Å². The average Bonchev–Trinajstić information content (AvgIpc) is 2.09. The fraction of sp³-hybridized carbons (Fsp3) is 0.500. The number of aliphatic hydroxyl groups is 1. The zero-order valence-electron chi connectivity index (χ0n) is 8.92. The molecule has 78 valence electrons. The van der Waals surface area contributed by atoms with Gasteiger partial charge in [0.15, 0.2) is 0 Å². The number of hydrogen-bond acceptors (Lipinski definition) is 1. The summed E-state index contributed by atoms with van der Waals surface area (Å²) in [4.78, 5) is 0. The third kappa shape index (κ3) is 2.32. The van der Waals surface area contributed by atoms with E-state index in [0.29, 0.717) is 5.56 Å². The summed E-state index contributed by atoms with van der Waals surface area (Å²) in [5.74, 6) is -0.0643. The topological polar surface area (TPSA) is 20.2 Å². The van der Waals surface area contributed by atoms with Crippen molar-refractivity contribution in [3.63, 3.8) is 0 Å². The summed E-state index contributed by atoms with van der Waals surface area (Å²) in [5.41, 5.74) is 1.53. The Labute approximate surface area is 84.6 Å². The molecule has 0 fully saturated rings. The molecule has 0 amide bonds. The van der Waals surface area contributed by atoms with Gasteiger partial charge in [-0.3, -0.25) is 0 Å². The standard InChI is InChI=1S/C12H17FO/c1-8(2)11(7-14)10-5-4-9(3)6-12(10)13/h4-6,8,11,14H,7H2,1-3H3. The predicted molar refractivity (Wildman–Crippen MR) is 55.8 cm³/mol. The lowest BCUT2D eigenvalue weighted by atomic mass is 9.88. The summed E-state index contributed by atoms with van der Waals surface area (Å²) in [7, 11) is 0.